The van der Waals surface area contributed by atoms with Crippen LogP contribution in [0.25, 0.3) is 38.8 Å². The van der Waals surface area contributed by atoms with E-state index in [4.69, 9.17) is 9.72 Å². The fourth-order valence-electron chi connectivity index (χ4n) is 8.82. The third-order valence-electron chi connectivity index (χ3n) is 12.7. The number of anilines is 4. The summed E-state index contributed by atoms with van der Waals surface area (Å²) in [5.74, 6) is 2.46. The number of benzene rings is 6. The lowest BCUT2D eigenvalue weighted by atomic mass is 9.83. The highest BCUT2D eigenvalue weighted by molar-refractivity contribution is 6.09. The maximum atomic E-state index is 6.79. The van der Waals surface area contributed by atoms with Gasteiger partial charge in [0.15, 0.2) is 0 Å². The zero-order valence-electron chi connectivity index (χ0n) is 39.3. The molecule has 5 heteroatoms. The lowest BCUT2D eigenvalue weighted by Gasteiger charge is -2.27. The molecule has 5 nitrogen and oxygen atoms in total. The van der Waals surface area contributed by atoms with Crippen LogP contribution in [-0.2, 0) is 21.7 Å². The zero-order valence-corrected chi connectivity index (χ0v) is 39.3. The van der Waals surface area contributed by atoms with Crippen LogP contribution in [0.4, 0.5) is 22.7 Å². The number of nitrogens with zero attached hydrogens (tertiary/aromatic N) is 4. The highest BCUT2D eigenvalue weighted by atomic mass is 16.5. The van der Waals surface area contributed by atoms with Crippen LogP contribution in [0.15, 0.2) is 146 Å². The second kappa shape index (κ2) is 15.2. The first-order valence-electron chi connectivity index (χ1n) is 22.5. The Labute approximate surface area is 375 Å². The minimum absolute atomic E-state index is 0.00414. The maximum Gasteiger partial charge on any atom is 0.137 e. The molecule has 63 heavy (non-hydrogen) atoms. The first kappa shape index (κ1) is 42.0. The van der Waals surface area contributed by atoms with Crippen molar-refractivity contribution in [3.63, 3.8) is 0 Å². The monoisotopic (exact) mass is 830 g/mol. The zero-order chi connectivity index (χ0) is 44.6. The van der Waals surface area contributed by atoms with Crippen molar-refractivity contribution in [3.05, 3.63) is 168 Å². The van der Waals surface area contributed by atoms with Gasteiger partial charge in [-0.2, -0.15) is 0 Å². The van der Waals surface area contributed by atoms with Gasteiger partial charge in [0.25, 0.3) is 0 Å². The van der Waals surface area contributed by atoms with Gasteiger partial charge in [0.2, 0.25) is 0 Å². The second-order valence-electron chi connectivity index (χ2n) is 21.6. The summed E-state index contributed by atoms with van der Waals surface area (Å²) in [6.45, 7) is 28.0. The van der Waals surface area contributed by atoms with Crippen molar-refractivity contribution in [3.8, 4) is 28.4 Å². The minimum Gasteiger partial charge on any atom is -0.457 e. The third kappa shape index (κ3) is 8.10. The highest BCUT2D eigenvalue weighted by Crippen LogP contribution is 2.48. The molecule has 3 heterocycles. The van der Waals surface area contributed by atoms with Crippen LogP contribution in [0.2, 0.25) is 0 Å². The van der Waals surface area contributed by atoms with Crippen LogP contribution in [0.5, 0.6) is 11.5 Å². The average Bonchev–Trinajstić information content (AvgIpc) is 3.78. The van der Waals surface area contributed by atoms with E-state index in [-0.39, 0.29) is 21.7 Å². The van der Waals surface area contributed by atoms with Crippen LogP contribution in [-0.4, -0.2) is 16.2 Å². The van der Waals surface area contributed by atoms with Gasteiger partial charge in [0, 0.05) is 40.5 Å². The molecule has 1 aliphatic rings. The maximum absolute atomic E-state index is 6.79. The second-order valence-corrected chi connectivity index (χ2v) is 21.6. The molecule has 0 aliphatic carbocycles. The minimum atomic E-state index is -0.0400. The molecule has 1 aliphatic heterocycles. The lowest BCUT2D eigenvalue weighted by molar-refractivity contribution is 0.483. The largest absolute Gasteiger partial charge is 0.457 e. The lowest BCUT2D eigenvalue weighted by Crippen LogP contribution is -2.24. The predicted octanol–water partition coefficient (Wildman–Crippen LogP) is 16.1. The van der Waals surface area contributed by atoms with Gasteiger partial charge in [-0.15, -0.1) is 0 Å². The normalized spacial score (nSPS) is 13.6. The Balaban J connectivity index is 1.10. The van der Waals surface area contributed by atoms with E-state index in [9.17, 15) is 0 Å². The molecule has 2 aromatic heterocycles. The van der Waals surface area contributed by atoms with E-state index in [1.165, 1.54) is 61.2 Å². The molecule has 0 spiro atoms. The van der Waals surface area contributed by atoms with Crippen LogP contribution < -0.4 is 14.5 Å². The van der Waals surface area contributed by atoms with Crippen LogP contribution >= 0.6 is 0 Å². The summed E-state index contributed by atoms with van der Waals surface area (Å²) in [5, 5.41) is 2.35. The fourth-order valence-corrected chi connectivity index (χ4v) is 8.82. The van der Waals surface area contributed by atoms with Crippen molar-refractivity contribution < 1.29 is 4.74 Å². The highest BCUT2D eigenvalue weighted by Gasteiger charge is 2.31. The third-order valence-corrected chi connectivity index (χ3v) is 12.7. The first-order valence-corrected chi connectivity index (χ1v) is 22.5. The predicted molar refractivity (Wildman–Crippen MR) is 267 cm³/mol. The topological polar surface area (TPSA) is 33.5 Å². The number of fused-ring (bicyclic) bond motifs is 4. The van der Waals surface area contributed by atoms with Crippen molar-refractivity contribution in [2.24, 2.45) is 0 Å². The Morgan fingerprint density at radius 2 is 1.06 bits per heavy atom. The average molecular weight is 831 g/mol. The molecule has 0 amide bonds. The Morgan fingerprint density at radius 3 is 1.78 bits per heavy atom. The quantitative estimate of drug-likeness (QED) is 0.167. The summed E-state index contributed by atoms with van der Waals surface area (Å²) in [7, 11) is 0. The van der Waals surface area contributed by atoms with Crippen molar-refractivity contribution in [2.75, 3.05) is 16.5 Å². The van der Waals surface area contributed by atoms with Crippen LogP contribution in [0, 0.1) is 0 Å². The van der Waals surface area contributed by atoms with E-state index in [2.05, 4.69) is 237 Å². The van der Waals surface area contributed by atoms with Crippen molar-refractivity contribution in [2.45, 2.75) is 105 Å². The number of para-hydroxylation sites is 1. The molecule has 6 aromatic carbocycles. The molecule has 0 unspecified atom stereocenters. The van der Waals surface area contributed by atoms with E-state index in [1.807, 2.05) is 6.20 Å². The molecule has 0 fully saturated rings. The number of ether oxygens (including phenoxy) is 1. The summed E-state index contributed by atoms with van der Waals surface area (Å²) in [6, 6.07) is 51.2. The van der Waals surface area contributed by atoms with E-state index >= 15 is 0 Å². The van der Waals surface area contributed by atoms with Crippen LogP contribution in [0.3, 0.4) is 0 Å². The van der Waals surface area contributed by atoms with Crippen molar-refractivity contribution in [1.82, 2.24) is 9.55 Å². The summed E-state index contributed by atoms with van der Waals surface area (Å²) >= 11 is 0. The summed E-state index contributed by atoms with van der Waals surface area (Å²) in [5.41, 5.74) is 14.5. The van der Waals surface area contributed by atoms with Gasteiger partial charge >= 0.3 is 0 Å². The number of hydrogen-bond donors (Lipinski definition) is 0. The number of pyridine rings is 1. The number of aromatic nitrogens is 2. The first-order chi connectivity index (χ1) is 29.7. The summed E-state index contributed by atoms with van der Waals surface area (Å²) in [4.78, 5) is 9.81. The molecule has 0 saturated heterocycles. The van der Waals surface area contributed by atoms with Gasteiger partial charge in [-0.05, 0) is 122 Å². The van der Waals surface area contributed by atoms with Gasteiger partial charge < -0.3 is 14.5 Å². The van der Waals surface area contributed by atoms with Crippen molar-refractivity contribution >= 4 is 44.6 Å². The van der Waals surface area contributed by atoms with Crippen molar-refractivity contribution in [1.29, 1.82) is 0 Å². The van der Waals surface area contributed by atoms with Gasteiger partial charge in [0.05, 0.1) is 22.4 Å². The molecule has 0 radical (unpaired) electrons. The van der Waals surface area contributed by atoms with E-state index in [0.29, 0.717) is 6.67 Å². The van der Waals surface area contributed by atoms with E-state index in [0.717, 1.165) is 34.0 Å². The Morgan fingerprint density at radius 1 is 0.429 bits per heavy atom. The summed E-state index contributed by atoms with van der Waals surface area (Å²) < 4.78 is 9.06. The molecule has 0 atom stereocenters. The van der Waals surface area contributed by atoms with Gasteiger partial charge in [-0.3, -0.25) is 4.57 Å². The molecular weight excluding hydrogens is 769 g/mol. The number of rotatable bonds is 6. The van der Waals surface area contributed by atoms with Gasteiger partial charge in [-0.25, -0.2) is 4.98 Å². The molecule has 0 saturated carbocycles. The van der Waals surface area contributed by atoms with Crippen LogP contribution in [0.1, 0.15) is 105 Å². The Hall–Kier alpha value is -6.33. The Bertz CT molecular complexity index is 3000. The van der Waals surface area contributed by atoms with Gasteiger partial charge in [-0.1, -0.05) is 144 Å². The smallest absolute Gasteiger partial charge is 0.137 e. The molecule has 0 N–H and O–H groups in total. The molecule has 9 rings (SSSR count). The van der Waals surface area contributed by atoms with E-state index in [1.54, 1.807) is 0 Å². The summed E-state index contributed by atoms with van der Waals surface area (Å²) in [6.07, 6.45) is 1.93. The molecule has 8 aromatic rings. The number of hydrogen-bond acceptors (Lipinski definition) is 4. The van der Waals surface area contributed by atoms with E-state index < -0.39 is 0 Å². The fraction of sp³-hybridized carbons (Fsp3) is 0.293. The molecular formula is C58H62N4O. The Kier molecular flexibility index (Phi) is 10.1. The molecule has 0 bridgehead atoms. The SMILES string of the molecule is CC(C)(C)c1ccc(-c2cc(N3CN(c4cccc(Oc5ccc6c7ccccc7n(-c7cc(C(C)(C)C)ccn7)c6c5)c4)c4ccc(C(C)(C)C)cc43)cc(C(C)(C)C)c2)cc1. The van der Waals surface area contributed by atoms with Gasteiger partial charge in [0.1, 0.15) is 24.0 Å². The standard InChI is InChI=1S/C58H62N4O/c1-55(2,3)40-22-20-38(21-23-40)39-30-43(58(10,11)12)32-45(31-39)61-37-60(51-27-24-41(33-53(51)61)56(4,5)6)44-16-15-17-46(35-44)63-47-25-26-49-48-18-13-14-19-50(48)62(52(49)36-47)54-34-42(28-29-59-54)57(7,8)9/h13-36H,37H2,1-12H3. The molecule has 320 valence electrons.